The Labute approximate surface area is 196 Å². The number of ether oxygens (including phenoxy) is 2. The first-order valence-corrected chi connectivity index (χ1v) is 13.4. The van der Waals surface area contributed by atoms with Crippen LogP contribution in [0.4, 0.5) is 9.59 Å². The maximum absolute atomic E-state index is 12.1. The first-order chi connectivity index (χ1) is 15.7. The van der Waals surface area contributed by atoms with Gasteiger partial charge in [-0.25, -0.2) is 29.2 Å². The highest BCUT2D eigenvalue weighted by Crippen LogP contribution is 2.32. The van der Waals surface area contributed by atoms with Crippen LogP contribution in [-0.2, 0) is 19.1 Å². The zero-order valence-electron chi connectivity index (χ0n) is 18.2. The predicted octanol–water partition coefficient (Wildman–Crippen LogP) is 3.36. The van der Waals surface area contributed by atoms with Gasteiger partial charge in [-0.15, -0.1) is 0 Å². The van der Waals surface area contributed by atoms with E-state index in [1.54, 1.807) is 21.6 Å². The molecule has 1 heterocycles. The Morgan fingerprint density at radius 2 is 1.12 bits per heavy atom. The van der Waals surface area contributed by atoms with Crippen LogP contribution in [0.25, 0.3) is 0 Å². The van der Waals surface area contributed by atoms with E-state index in [-0.39, 0.29) is 0 Å². The molecule has 2 amide bonds. The number of hydrogen-bond donors (Lipinski definition) is 2. The molecule has 0 radical (unpaired) electrons. The molecule has 1 aliphatic rings. The molecule has 0 bridgehead atoms. The Balaban J connectivity index is 2.17. The summed E-state index contributed by atoms with van der Waals surface area (Å²) < 4.78 is 10.9. The summed E-state index contributed by atoms with van der Waals surface area (Å²) in [6.45, 7) is 1.97. The number of amides is 2. The third-order valence-electron chi connectivity index (χ3n) is 4.54. The van der Waals surface area contributed by atoms with Gasteiger partial charge < -0.3 is 20.1 Å². The minimum atomic E-state index is -0.513. The molecule has 0 aromatic heterocycles. The van der Waals surface area contributed by atoms with Crippen molar-refractivity contribution in [2.75, 3.05) is 37.7 Å². The number of isocyanates is 2. The smallest absolute Gasteiger partial charge is 0.407 e. The maximum Gasteiger partial charge on any atom is 0.407 e. The van der Waals surface area contributed by atoms with Crippen LogP contribution >= 0.6 is 21.6 Å². The molecule has 10 nitrogen and oxygen atoms in total. The molecule has 0 aromatic carbocycles. The summed E-state index contributed by atoms with van der Waals surface area (Å²) in [7, 11) is 3.16. The van der Waals surface area contributed by atoms with Crippen molar-refractivity contribution in [1.29, 1.82) is 0 Å². The zero-order valence-corrected chi connectivity index (χ0v) is 19.8. The van der Waals surface area contributed by atoms with Gasteiger partial charge in [0.2, 0.25) is 12.2 Å². The molecule has 1 saturated heterocycles. The van der Waals surface area contributed by atoms with Crippen molar-refractivity contribution in [2.45, 2.75) is 63.6 Å². The van der Waals surface area contributed by atoms with Crippen molar-refractivity contribution in [1.82, 2.24) is 10.6 Å². The highest BCUT2D eigenvalue weighted by atomic mass is 33.1. The molecule has 1 rings (SSSR count). The summed E-state index contributed by atoms with van der Waals surface area (Å²) in [5.74, 6) is 1.10. The average molecular weight is 489 g/mol. The van der Waals surface area contributed by atoms with E-state index in [0.29, 0.717) is 37.7 Å². The van der Waals surface area contributed by atoms with Gasteiger partial charge in [-0.2, -0.15) is 0 Å². The molecule has 2 N–H and O–H groups in total. The lowest BCUT2D eigenvalue weighted by Gasteiger charge is -2.29. The summed E-state index contributed by atoms with van der Waals surface area (Å²) in [5, 5.41) is 5.45. The van der Waals surface area contributed by atoms with Crippen molar-refractivity contribution in [3.63, 3.8) is 0 Å². The van der Waals surface area contributed by atoms with Crippen molar-refractivity contribution in [3.05, 3.63) is 0 Å². The number of rotatable bonds is 16. The molecule has 0 spiro atoms. The number of unbranched alkanes of at least 4 members (excludes halogenated alkanes) is 6. The van der Waals surface area contributed by atoms with Gasteiger partial charge in [0.05, 0.1) is 13.1 Å². The summed E-state index contributed by atoms with van der Waals surface area (Å²) in [6, 6.07) is 0. The second kappa shape index (κ2) is 19.7. The van der Waals surface area contributed by atoms with Crippen LogP contribution < -0.4 is 10.6 Å². The fraction of sp³-hybridized carbons (Fsp3) is 0.800. The molecule has 0 aromatic rings. The van der Waals surface area contributed by atoms with Crippen molar-refractivity contribution < 1.29 is 28.7 Å². The molecular formula is C20H32N4O6S2. The SMILES string of the molecule is O=C=NCCCCCCNC(=O)OC1CSSCC1OC(=O)NCCCCCCN=C=O. The summed E-state index contributed by atoms with van der Waals surface area (Å²) in [6.07, 6.45) is 7.98. The van der Waals surface area contributed by atoms with E-state index in [9.17, 15) is 19.2 Å². The van der Waals surface area contributed by atoms with E-state index >= 15 is 0 Å². The second-order valence-electron chi connectivity index (χ2n) is 7.08. The summed E-state index contributed by atoms with van der Waals surface area (Å²) in [4.78, 5) is 51.1. The molecular weight excluding hydrogens is 456 g/mol. The molecule has 0 aliphatic carbocycles. The molecule has 1 fully saturated rings. The van der Waals surface area contributed by atoms with Crippen LogP contribution in [0.15, 0.2) is 9.98 Å². The van der Waals surface area contributed by atoms with E-state index in [1.807, 2.05) is 0 Å². The second-order valence-corrected chi connectivity index (χ2v) is 9.64. The monoisotopic (exact) mass is 488 g/mol. The molecule has 180 valence electrons. The Hall–Kier alpha value is -2.00. The number of hydrogen-bond acceptors (Lipinski definition) is 10. The van der Waals surface area contributed by atoms with E-state index in [1.165, 1.54) is 12.2 Å². The van der Waals surface area contributed by atoms with Crippen molar-refractivity contribution in [2.24, 2.45) is 9.98 Å². The van der Waals surface area contributed by atoms with E-state index in [0.717, 1.165) is 51.4 Å². The third-order valence-corrected chi connectivity index (χ3v) is 6.95. The van der Waals surface area contributed by atoms with E-state index in [2.05, 4.69) is 20.6 Å². The number of nitrogens with one attached hydrogen (secondary N) is 2. The molecule has 1 aliphatic heterocycles. The third kappa shape index (κ3) is 14.9. The van der Waals surface area contributed by atoms with Gasteiger partial charge in [0, 0.05) is 24.6 Å². The molecule has 12 heteroatoms. The van der Waals surface area contributed by atoms with Gasteiger partial charge in [0.15, 0.2) is 12.2 Å². The molecule has 0 saturated carbocycles. The van der Waals surface area contributed by atoms with E-state index in [4.69, 9.17) is 9.47 Å². The maximum atomic E-state index is 12.1. The molecule has 2 atom stereocenters. The van der Waals surface area contributed by atoms with Crippen molar-refractivity contribution >= 4 is 45.9 Å². The molecule has 2 unspecified atom stereocenters. The minimum Gasteiger partial charge on any atom is -0.441 e. The van der Waals surface area contributed by atoms with Gasteiger partial charge >= 0.3 is 12.2 Å². The largest absolute Gasteiger partial charge is 0.441 e. The fourth-order valence-electron chi connectivity index (χ4n) is 2.83. The number of alkyl carbamates (subject to hydrolysis) is 2. The Morgan fingerprint density at radius 3 is 1.53 bits per heavy atom. The van der Waals surface area contributed by atoms with Crippen LogP contribution in [0.2, 0.25) is 0 Å². The highest BCUT2D eigenvalue weighted by Gasteiger charge is 2.32. The van der Waals surface area contributed by atoms with Crippen LogP contribution in [0.5, 0.6) is 0 Å². The van der Waals surface area contributed by atoms with Gasteiger partial charge in [-0.05, 0) is 25.7 Å². The summed E-state index contributed by atoms with van der Waals surface area (Å²) >= 11 is 0. The lowest BCUT2D eigenvalue weighted by atomic mass is 10.2. The quantitative estimate of drug-likeness (QED) is 0.146. The van der Waals surface area contributed by atoms with Gasteiger partial charge in [0.1, 0.15) is 0 Å². The summed E-state index contributed by atoms with van der Waals surface area (Å²) in [5.41, 5.74) is 0. The lowest BCUT2D eigenvalue weighted by molar-refractivity contribution is 0.0121. The highest BCUT2D eigenvalue weighted by molar-refractivity contribution is 8.76. The van der Waals surface area contributed by atoms with Crippen LogP contribution in [0.3, 0.4) is 0 Å². The normalized spacial score (nSPS) is 17.4. The standard InChI is InChI=1S/C20H32N4O6S2/c25-15-21-9-5-1-3-7-11-23-19(27)29-17-13-31-32-14-18(17)30-20(28)24-12-8-4-2-6-10-22-16-26/h17-18H,1-14H2,(H,23,27)(H,24,28). The average Bonchev–Trinajstić information content (AvgIpc) is 2.78. The van der Waals surface area contributed by atoms with Gasteiger partial charge in [0.25, 0.3) is 0 Å². The Kier molecular flexibility index (Phi) is 17.2. The predicted molar refractivity (Wildman–Crippen MR) is 124 cm³/mol. The van der Waals surface area contributed by atoms with Crippen LogP contribution in [-0.4, -0.2) is 74.2 Å². The number of carbonyl (C=O) groups excluding carboxylic acids is 4. The fourth-order valence-corrected chi connectivity index (χ4v) is 5.24. The minimum absolute atomic E-state index is 0.489. The van der Waals surface area contributed by atoms with Crippen LogP contribution in [0, 0.1) is 0 Å². The van der Waals surface area contributed by atoms with E-state index < -0.39 is 24.4 Å². The first kappa shape index (κ1) is 28.0. The van der Waals surface area contributed by atoms with Crippen LogP contribution in [0.1, 0.15) is 51.4 Å². The van der Waals surface area contributed by atoms with Crippen molar-refractivity contribution in [3.8, 4) is 0 Å². The Morgan fingerprint density at radius 1 is 0.719 bits per heavy atom. The molecule has 32 heavy (non-hydrogen) atoms. The number of aliphatic imine (C=N–C) groups is 2. The Bertz CT molecular complexity index is 588. The zero-order chi connectivity index (χ0) is 23.3. The number of nitrogens with zero attached hydrogens (tertiary/aromatic N) is 2. The first-order valence-electron chi connectivity index (χ1n) is 10.9. The van der Waals surface area contributed by atoms with Gasteiger partial charge in [-0.1, -0.05) is 47.3 Å². The topological polar surface area (TPSA) is 136 Å². The van der Waals surface area contributed by atoms with Gasteiger partial charge in [-0.3, -0.25) is 0 Å². The lowest BCUT2D eigenvalue weighted by Crippen LogP contribution is -2.44. The number of carbonyl (C=O) groups is 2.